The summed E-state index contributed by atoms with van der Waals surface area (Å²) >= 11 is 0. The normalized spacial score (nSPS) is 12.3. The van der Waals surface area contributed by atoms with Crippen LogP contribution in [-0.4, -0.2) is 7.11 Å². The predicted octanol–water partition coefficient (Wildman–Crippen LogP) is 3.50. The number of methoxy groups -OCH3 is 1. The fourth-order valence-electron chi connectivity index (χ4n) is 2.08. The van der Waals surface area contributed by atoms with Gasteiger partial charge in [0.15, 0.2) is 0 Å². The highest BCUT2D eigenvalue weighted by molar-refractivity contribution is 5.44. The highest BCUT2D eigenvalue weighted by atomic mass is 19.1. The molecule has 1 atom stereocenters. The number of hydrogen-bond donors (Lipinski definition) is 1. The third kappa shape index (κ3) is 2.76. The molecule has 2 aromatic carbocycles. The van der Waals surface area contributed by atoms with Gasteiger partial charge in [-0.25, -0.2) is 4.39 Å². The maximum absolute atomic E-state index is 13.6. The summed E-state index contributed by atoms with van der Waals surface area (Å²) in [5.41, 5.74) is 9.56. The molecular formula is C16H18FNO. The molecule has 0 radical (unpaired) electrons. The van der Waals surface area contributed by atoms with Gasteiger partial charge in [0, 0.05) is 5.56 Å². The smallest absolute Gasteiger partial charge is 0.126 e. The van der Waals surface area contributed by atoms with E-state index in [2.05, 4.69) is 0 Å². The van der Waals surface area contributed by atoms with Gasteiger partial charge in [0.05, 0.1) is 13.2 Å². The van der Waals surface area contributed by atoms with Gasteiger partial charge in [-0.1, -0.05) is 29.8 Å². The Hall–Kier alpha value is -1.87. The Bertz CT molecular complexity index is 595. The van der Waals surface area contributed by atoms with E-state index in [0.29, 0.717) is 5.56 Å². The zero-order chi connectivity index (χ0) is 14.0. The standard InChI is InChI=1S/C16H18FNO/c1-10-4-7-15(19-3)13(8-10)16(18)12-6-5-11(2)14(17)9-12/h4-9,16H,18H2,1-3H3. The lowest BCUT2D eigenvalue weighted by Crippen LogP contribution is -2.13. The number of aryl methyl sites for hydroxylation is 2. The molecule has 0 spiro atoms. The van der Waals surface area contributed by atoms with Gasteiger partial charge in [-0.2, -0.15) is 0 Å². The van der Waals surface area contributed by atoms with Crippen molar-refractivity contribution >= 4 is 0 Å². The minimum Gasteiger partial charge on any atom is -0.496 e. The molecule has 0 aliphatic rings. The molecular weight excluding hydrogens is 241 g/mol. The van der Waals surface area contributed by atoms with Crippen LogP contribution in [0.5, 0.6) is 5.75 Å². The van der Waals surface area contributed by atoms with Crippen molar-refractivity contribution in [1.82, 2.24) is 0 Å². The van der Waals surface area contributed by atoms with Crippen LogP contribution in [0.25, 0.3) is 0 Å². The van der Waals surface area contributed by atoms with Crippen LogP contribution in [0.4, 0.5) is 4.39 Å². The van der Waals surface area contributed by atoms with Crippen molar-refractivity contribution in [3.8, 4) is 5.75 Å². The first kappa shape index (κ1) is 13.6. The average molecular weight is 259 g/mol. The Balaban J connectivity index is 2.45. The van der Waals surface area contributed by atoms with Crippen LogP contribution in [0, 0.1) is 19.7 Å². The number of benzene rings is 2. The third-order valence-corrected chi connectivity index (χ3v) is 3.28. The summed E-state index contributed by atoms with van der Waals surface area (Å²) in [6, 6.07) is 10.5. The van der Waals surface area contributed by atoms with Gasteiger partial charge >= 0.3 is 0 Å². The van der Waals surface area contributed by atoms with Crippen LogP contribution in [0.15, 0.2) is 36.4 Å². The molecule has 2 aromatic rings. The van der Waals surface area contributed by atoms with Crippen LogP contribution in [0.3, 0.4) is 0 Å². The van der Waals surface area contributed by atoms with Gasteiger partial charge in [0.2, 0.25) is 0 Å². The molecule has 0 saturated heterocycles. The van der Waals surface area contributed by atoms with Gasteiger partial charge in [-0.15, -0.1) is 0 Å². The highest BCUT2D eigenvalue weighted by Crippen LogP contribution is 2.29. The molecule has 0 fully saturated rings. The van der Waals surface area contributed by atoms with E-state index in [1.54, 1.807) is 20.1 Å². The molecule has 0 aliphatic heterocycles. The fourth-order valence-corrected chi connectivity index (χ4v) is 2.08. The largest absolute Gasteiger partial charge is 0.496 e. The molecule has 1 unspecified atom stereocenters. The van der Waals surface area contributed by atoms with Crippen LogP contribution in [0.1, 0.15) is 28.3 Å². The van der Waals surface area contributed by atoms with Crippen LogP contribution >= 0.6 is 0 Å². The van der Waals surface area contributed by atoms with Crippen molar-refractivity contribution in [2.24, 2.45) is 5.73 Å². The number of ether oxygens (including phenoxy) is 1. The molecule has 19 heavy (non-hydrogen) atoms. The summed E-state index contributed by atoms with van der Waals surface area (Å²) in [7, 11) is 1.61. The first-order valence-electron chi connectivity index (χ1n) is 6.19. The van der Waals surface area contributed by atoms with Crippen molar-refractivity contribution < 1.29 is 9.13 Å². The minimum absolute atomic E-state index is 0.237. The Labute approximate surface area is 113 Å². The molecule has 0 amide bonds. The molecule has 0 heterocycles. The summed E-state index contributed by atoms with van der Waals surface area (Å²) in [5.74, 6) is 0.485. The van der Waals surface area contributed by atoms with Crippen LogP contribution < -0.4 is 10.5 Å². The molecule has 0 bridgehead atoms. The Kier molecular flexibility index (Phi) is 3.86. The summed E-state index contributed by atoms with van der Waals surface area (Å²) in [6.45, 7) is 3.73. The van der Waals surface area contributed by atoms with E-state index in [1.807, 2.05) is 31.2 Å². The van der Waals surface area contributed by atoms with Crippen molar-refractivity contribution in [1.29, 1.82) is 0 Å². The Morgan fingerprint density at radius 1 is 1.11 bits per heavy atom. The third-order valence-electron chi connectivity index (χ3n) is 3.28. The van der Waals surface area contributed by atoms with Crippen LogP contribution in [0.2, 0.25) is 0 Å². The predicted molar refractivity (Wildman–Crippen MR) is 74.9 cm³/mol. The zero-order valence-electron chi connectivity index (χ0n) is 11.4. The number of rotatable bonds is 3. The molecule has 100 valence electrons. The Morgan fingerprint density at radius 2 is 1.84 bits per heavy atom. The summed E-state index contributed by atoms with van der Waals surface area (Å²) in [6.07, 6.45) is 0. The Morgan fingerprint density at radius 3 is 2.47 bits per heavy atom. The van der Waals surface area contributed by atoms with Gasteiger partial charge in [-0.3, -0.25) is 0 Å². The van der Waals surface area contributed by atoms with E-state index in [9.17, 15) is 4.39 Å². The number of nitrogens with two attached hydrogens (primary N) is 1. The highest BCUT2D eigenvalue weighted by Gasteiger charge is 2.15. The van der Waals surface area contributed by atoms with Gasteiger partial charge < -0.3 is 10.5 Å². The van der Waals surface area contributed by atoms with Gasteiger partial charge in [-0.05, 0) is 37.1 Å². The van der Waals surface area contributed by atoms with Crippen molar-refractivity contribution in [3.05, 3.63) is 64.5 Å². The summed E-state index contributed by atoms with van der Waals surface area (Å²) in [5, 5.41) is 0. The lowest BCUT2D eigenvalue weighted by molar-refractivity contribution is 0.407. The molecule has 0 aliphatic carbocycles. The maximum Gasteiger partial charge on any atom is 0.126 e. The zero-order valence-corrected chi connectivity index (χ0v) is 11.4. The van der Waals surface area contributed by atoms with E-state index in [1.165, 1.54) is 6.07 Å². The molecule has 2 rings (SSSR count). The van der Waals surface area contributed by atoms with Crippen molar-refractivity contribution in [3.63, 3.8) is 0 Å². The first-order valence-corrected chi connectivity index (χ1v) is 6.19. The van der Waals surface area contributed by atoms with Crippen molar-refractivity contribution in [2.75, 3.05) is 7.11 Å². The van der Waals surface area contributed by atoms with E-state index in [4.69, 9.17) is 10.5 Å². The summed E-state index contributed by atoms with van der Waals surface area (Å²) in [4.78, 5) is 0. The average Bonchev–Trinajstić information content (AvgIpc) is 2.41. The second-order valence-electron chi connectivity index (χ2n) is 4.73. The van der Waals surface area contributed by atoms with Gasteiger partial charge in [0.1, 0.15) is 11.6 Å². The van der Waals surface area contributed by atoms with Crippen molar-refractivity contribution in [2.45, 2.75) is 19.9 Å². The monoisotopic (exact) mass is 259 g/mol. The SMILES string of the molecule is COc1ccc(C)cc1C(N)c1ccc(C)c(F)c1. The molecule has 3 heteroatoms. The molecule has 2 nitrogen and oxygen atoms in total. The first-order chi connectivity index (χ1) is 9.02. The van der Waals surface area contributed by atoms with Crippen LogP contribution in [-0.2, 0) is 0 Å². The van der Waals surface area contributed by atoms with E-state index in [0.717, 1.165) is 22.4 Å². The maximum atomic E-state index is 13.6. The second-order valence-corrected chi connectivity index (χ2v) is 4.73. The number of hydrogen-bond acceptors (Lipinski definition) is 2. The van der Waals surface area contributed by atoms with Gasteiger partial charge in [0.25, 0.3) is 0 Å². The molecule has 0 aromatic heterocycles. The lowest BCUT2D eigenvalue weighted by atomic mass is 9.96. The molecule has 0 saturated carbocycles. The molecule has 2 N–H and O–H groups in total. The van der Waals surface area contributed by atoms with E-state index in [-0.39, 0.29) is 5.82 Å². The van der Waals surface area contributed by atoms with E-state index < -0.39 is 6.04 Å². The number of halogens is 1. The summed E-state index contributed by atoms with van der Waals surface area (Å²) < 4.78 is 19.0. The minimum atomic E-state index is -0.398. The van der Waals surface area contributed by atoms with E-state index >= 15 is 0 Å². The fraction of sp³-hybridized carbons (Fsp3) is 0.250. The quantitative estimate of drug-likeness (QED) is 0.915. The second kappa shape index (κ2) is 5.41. The topological polar surface area (TPSA) is 35.2 Å². The lowest BCUT2D eigenvalue weighted by Gasteiger charge is -2.17.